The molecule has 0 atom stereocenters. The molecule has 21 heavy (non-hydrogen) atoms. The molecular formula is C16H24N2O3. The molecule has 0 bridgehead atoms. The van der Waals surface area contributed by atoms with Gasteiger partial charge in [0.05, 0.1) is 24.9 Å². The second-order valence-corrected chi connectivity index (χ2v) is 5.73. The Hall–Kier alpha value is -1.62. The number of nitrogens with one attached hydrogen (secondary N) is 1. The van der Waals surface area contributed by atoms with Gasteiger partial charge >= 0.3 is 5.97 Å². The van der Waals surface area contributed by atoms with Gasteiger partial charge in [-0.15, -0.1) is 0 Å². The molecule has 1 N–H and O–H groups in total. The smallest absolute Gasteiger partial charge is 0.339 e. The Morgan fingerprint density at radius 1 is 1.14 bits per heavy atom. The van der Waals surface area contributed by atoms with Gasteiger partial charge in [-0.3, -0.25) is 9.69 Å². The van der Waals surface area contributed by atoms with Crippen molar-refractivity contribution < 1.29 is 14.3 Å². The number of nitrogens with zero attached hydrogens (tertiary/aromatic N) is 1. The Labute approximate surface area is 125 Å². The molecule has 0 saturated carbocycles. The largest absolute Gasteiger partial charge is 0.465 e. The van der Waals surface area contributed by atoms with E-state index in [-0.39, 0.29) is 5.78 Å². The number of carbonyl (C=O) groups is 2. The summed E-state index contributed by atoms with van der Waals surface area (Å²) in [4.78, 5) is 29.5. The number of rotatable bonds is 4. The summed E-state index contributed by atoms with van der Waals surface area (Å²) in [5, 5.41) is 0. The number of hydrogen-bond acceptors (Lipinski definition) is 4. The molecule has 0 aromatic carbocycles. The minimum absolute atomic E-state index is 0.0488. The highest BCUT2D eigenvalue weighted by Crippen LogP contribution is 2.20. The van der Waals surface area contributed by atoms with E-state index in [2.05, 4.69) is 9.88 Å². The van der Waals surface area contributed by atoms with E-state index in [1.165, 1.54) is 20.0 Å². The maximum absolute atomic E-state index is 12.5. The average Bonchev–Trinajstić information content (AvgIpc) is 2.65. The Morgan fingerprint density at radius 3 is 2.33 bits per heavy atom. The molecule has 1 saturated heterocycles. The summed E-state index contributed by atoms with van der Waals surface area (Å²) in [6, 6.07) is 0. The minimum atomic E-state index is -0.393. The van der Waals surface area contributed by atoms with Crippen LogP contribution in [0.25, 0.3) is 0 Å². The average molecular weight is 292 g/mol. The summed E-state index contributed by atoms with van der Waals surface area (Å²) >= 11 is 0. The SMILES string of the molecule is COC(=O)c1c(C)[nH]c(C(=O)CN2CCCCCC2)c1C. The number of ketones is 1. The van der Waals surface area contributed by atoms with Gasteiger partial charge in [-0.2, -0.15) is 0 Å². The number of aromatic nitrogens is 1. The maximum Gasteiger partial charge on any atom is 0.339 e. The van der Waals surface area contributed by atoms with Gasteiger partial charge in [-0.25, -0.2) is 4.79 Å². The van der Waals surface area contributed by atoms with Crippen LogP contribution in [-0.2, 0) is 4.74 Å². The fourth-order valence-corrected chi connectivity index (χ4v) is 3.01. The molecule has 1 fully saturated rings. The van der Waals surface area contributed by atoms with Crippen LogP contribution in [0.1, 0.15) is 57.8 Å². The van der Waals surface area contributed by atoms with Gasteiger partial charge in [-0.05, 0) is 45.3 Å². The van der Waals surface area contributed by atoms with Crippen molar-refractivity contribution in [3.8, 4) is 0 Å². The zero-order valence-electron chi connectivity index (χ0n) is 13.1. The van der Waals surface area contributed by atoms with Crippen molar-refractivity contribution in [2.24, 2.45) is 0 Å². The third-order valence-electron chi connectivity index (χ3n) is 4.17. The number of Topliss-reactive ketones (excluding diaryl/α,β-unsaturated/α-hetero) is 1. The van der Waals surface area contributed by atoms with Crippen molar-refractivity contribution in [3.05, 3.63) is 22.5 Å². The first kappa shape index (κ1) is 15.8. The summed E-state index contributed by atoms with van der Waals surface area (Å²) in [7, 11) is 1.35. The van der Waals surface area contributed by atoms with Crippen molar-refractivity contribution in [3.63, 3.8) is 0 Å². The topological polar surface area (TPSA) is 62.4 Å². The molecule has 5 nitrogen and oxygen atoms in total. The highest BCUT2D eigenvalue weighted by molar-refractivity contribution is 6.02. The molecule has 2 heterocycles. The van der Waals surface area contributed by atoms with E-state index in [0.29, 0.717) is 29.1 Å². The van der Waals surface area contributed by atoms with E-state index in [9.17, 15) is 9.59 Å². The maximum atomic E-state index is 12.5. The molecule has 0 spiro atoms. The molecule has 0 amide bonds. The van der Waals surface area contributed by atoms with Crippen LogP contribution >= 0.6 is 0 Å². The van der Waals surface area contributed by atoms with Crippen LogP contribution in [0.4, 0.5) is 0 Å². The molecule has 116 valence electrons. The van der Waals surface area contributed by atoms with Crippen molar-refractivity contribution >= 4 is 11.8 Å². The number of carbonyl (C=O) groups excluding carboxylic acids is 2. The fourth-order valence-electron chi connectivity index (χ4n) is 3.01. The highest BCUT2D eigenvalue weighted by Gasteiger charge is 2.23. The Kier molecular flexibility index (Phi) is 5.17. The summed E-state index contributed by atoms with van der Waals surface area (Å²) < 4.78 is 4.78. The summed E-state index contributed by atoms with van der Waals surface area (Å²) in [5.41, 5.74) is 2.41. The Bertz CT molecular complexity index is 526. The van der Waals surface area contributed by atoms with Gasteiger partial charge in [0.25, 0.3) is 0 Å². The van der Waals surface area contributed by atoms with Crippen LogP contribution in [0.5, 0.6) is 0 Å². The first-order chi connectivity index (χ1) is 10.0. The first-order valence-corrected chi connectivity index (χ1v) is 7.57. The molecule has 1 aliphatic rings. The normalized spacial score (nSPS) is 16.5. The lowest BCUT2D eigenvalue weighted by Gasteiger charge is -2.18. The summed E-state index contributed by atoms with van der Waals surface area (Å²) in [6.07, 6.45) is 4.81. The number of hydrogen-bond donors (Lipinski definition) is 1. The molecule has 1 aromatic rings. The molecule has 1 aromatic heterocycles. The predicted molar refractivity (Wildman–Crippen MR) is 80.8 cm³/mol. The first-order valence-electron chi connectivity index (χ1n) is 7.57. The molecule has 0 aliphatic carbocycles. The van der Waals surface area contributed by atoms with Crippen molar-refractivity contribution in [2.45, 2.75) is 39.5 Å². The van der Waals surface area contributed by atoms with Crippen LogP contribution in [0.3, 0.4) is 0 Å². The van der Waals surface area contributed by atoms with E-state index in [1.807, 2.05) is 0 Å². The Balaban J connectivity index is 2.14. The molecule has 0 unspecified atom stereocenters. The second-order valence-electron chi connectivity index (χ2n) is 5.73. The molecular weight excluding hydrogens is 268 g/mol. The van der Waals surface area contributed by atoms with E-state index < -0.39 is 5.97 Å². The van der Waals surface area contributed by atoms with E-state index in [1.54, 1.807) is 13.8 Å². The zero-order valence-corrected chi connectivity index (χ0v) is 13.1. The molecule has 0 radical (unpaired) electrons. The predicted octanol–water partition coefficient (Wildman–Crippen LogP) is 2.48. The van der Waals surface area contributed by atoms with Crippen molar-refractivity contribution in [2.75, 3.05) is 26.7 Å². The van der Waals surface area contributed by atoms with Gasteiger partial charge in [-0.1, -0.05) is 12.8 Å². The highest BCUT2D eigenvalue weighted by atomic mass is 16.5. The number of likely N-dealkylation sites (tertiary alicyclic amines) is 1. The zero-order chi connectivity index (χ0) is 15.4. The van der Waals surface area contributed by atoms with Crippen LogP contribution in [0, 0.1) is 13.8 Å². The van der Waals surface area contributed by atoms with Gasteiger partial charge in [0.2, 0.25) is 0 Å². The number of aromatic amines is 1. The van der Waals surface area contributed by atoms with Crippen LogP contribution in [0.2, 0.25) is 0 Å². The number of methoxy groups -OCH3 is 1. The standard InChI is InChI=1S/C16H24N2O3/c1-11-14(16(20)21-3)12(2)17-15(11)13(19)10-18-8-6-4-5-7-9-18/h17H,4-10H2,1-3H3. The lowest BCUT2D eigenvalue weighted by Crippen LogP contribution is -2.31. The van der Waals surface area contributed by atoms with Gasteiger partial charge < -0.3 is 9.72 Å². The van der Waals surface area contributed by atoms with Crippen LogP contribution < -0.4 is 0 Å². The van der Waals surface area contributed by atoms with Gasteiger partial charge in [0.15, 0.2) is 5.78 Å². The third-order valence-corrected chi connectivity index (χ3v) is 4.17. The van der Waals surface area contributed by atoms with E-state index >= 15 is 0 Å². The third kappa shape index (κ3) is 3.53. The number of esters is 1. The molecule has 2 rings (SSSR count). The van der Waals surface area contributed by atoms with Crippen LogP contribution in [0.15, 0.2) is 0 Å². The van der Waals surface area contributed by atoms with Crippen molar-refractivity contribution in [1.82, 2.24) is 9.88 Å². The quantitative estimate of drug-likeness (QED) is 0.684. The van der Waals surface area contributed by atoms with Crippen LogP contribution in [-0.4, -0.2) is 48.4 Å². The second kappa shape index (κ2) is 6.89. The van der Waals surface area contributed by atoms with Crippen molar-refractivity contribution in [1.29, 1.82) is 0 Å². The monoisotopic (exact) mass is 292 g/mol. The summed E-state index contributed by atoms with van der Waals surface area (Å²) in [5.74, 6) is -0.345. The van der Waals surface area contributed by atoms with Gasteiger partial charge in [0.1, 0.15) is 0 Å². The molecule has 5 heteroatoms. The minimum Gasteiger partial charge on any atom is -0.465 e. The lowest BCUT2D eigenvalue weighted by molar-refractivity contribution is 0.0599. The lowest BCUT2D eigenvalue weighted by atomic mass is 10.1. The Morgan fingerprint density at radius 2 is 1.76 bits per heavy atom. The number of ether oxygens (including phenoxy) is 1. The van der Waals surface area contributed by atoms with Gasteiger partial charge in [0, 0.05) is 5.69 Å². The van der Waals surface area contributed by atoms with E-state index in [4.69, 9.17) is 4.74 Å². The summed E-state index contributed by atoms with van der Waals surface area (Å²) in [6.45, 7) is 5.97. The number of H-pyrrole nitrogens is 1. The fraction of sp³-hybridized carbons (Fsp3) is 0.625. The molecule has 1 aliphatic heterocycles. The number of aryl methyl sites for hydroxylation is 1. The van der Waals surface area contributed by atoms with E-state index in [0.717, 1.165) is 25.9 Å².